The molecule has 0 amide bonds. The molecular formula is C19H24ClN3O2S. The lowest BCUT2D eigenvalue weighted by atomic mass is 10.0. The van der Waals surface area contributed by atoms with Crippen molar-refractivity contribution in [2.75, 3.05) is 17.4 Å². The van der Waals surface area contributed by atoms with Crippen LogP contribution in [0.4, 0.5) is 5.69 Å². The van der Waals surface area contributed by atoms with Gasteiger partial charge in [0.1, 0.15) is 0 Å². The van der Waals surface area contributed by atoms with E-state index < -0.39 is 10.2 Å². The summed E-state index contributed by atoms with van der Waals surface area (Å²) in [7, 11) is -3.45. The molecule has 0 radical (unpaired) electrons. The second-order valence-electron chi connectivity index (χ2n) is 6.74. The molecule has 5 nitrogen and oxygen atoms in total. The molecular weight excluding hydrogens is 370 g/mol. The van der Waals surface area contributed by atoms with Gasteiger partial charge in [0, 0.05) is 32.2 Å². The van der Waals surface area contributed by atoms with Crippen LogP contribution in [-0.4, -0.2) is 32.4 Å². The Morgan fingerprint density at radius 1 is 0.962 bits per heavy atom. The zero-order valence-corrected chi connectivity index (χ0v) is 16.2. The van der Waals surface area contributed by atoms with Crippen molar-refractivity contribution in [2.24, 2.45) is 0 Å². The summed E-state index contributed by atoms with van der Waals surface area (Å²) in [5.74, 6) is 0. The fourth-order valence-electron chi connectivity index (χ4n) is 3.79. The fourth-order valence-corrected chi connectivity index (χ4v) is 5.31. The van der Waals surface area contributed by atoms with Crippen LogP contribution in [0.25, 0.3) is 0 Å². The Morgan fingerprint density at radius 2 is 1.62 bits per heavy atom. The molecule has 2 aromatic carbocycles. The molecule has 2 aliphatic rings. The van der Waals surface area contributed by atoms with Crippen molar-refractivity contribution in [1.29, 1.82) is 0 Å². The van der Waals surface area contributed by atoms with Gasteiger partial charge in [-0.05, 0) is 30.0 Å². The van der Waals surface area contributed by atoms with Gasteiger partial charge in [-0.25, -0.2) is 0 Å². The van der Waals surface area contributed by atoms with E-state index in [1.165, 1.54) is 5.56 Å². The Morgan fingerprint density at radius 3 is 2.35 bits per heavy atom. The van der Waals surface area contributed by atoms with Crippen LogP contribution in [0.15, 0.2) is 54.6 Å². The molecule has 0 atom stereocenters. The number of hydrogen-bond acceptors (Lipinski definition) is 3. The first kappa shape index (κ1) is 19.2. The molecule has 2 heterocycles. The number of fused-ring (bicyclic) bond motifs is 1. The summed E-state index contributed by atoms with van der Waals surface area (Å²) in [4.78, 5) is 2.40. The monoisotopic (exact) mass is 393 g/mol. The van der Waals surface area contributed by atoms with E-state index in [4.69, 9.17) is 0 Å². The molecule has 2 aromatic rings. The quantitative estimate of drug-likeness (QED) is 0.872. The fraction of sp³-hybridized carbons (Fsp3) is 0.368. The third-order valence-corrected chi connectivity index (χ3v) is 6.59. The highest BCUT2D eigenvalue weighted by molar-refractivity contribution is 7.91. The topological polar surface area (TPSA) is 52.7 Å². The lowest BCUT2D eigenvalue weighted by molar-refractivity contribution is 0.206. The smallest absolute Gasteiger partial charge is 0.299 e. The zero-order valence-electron chi connectivity index (χ0n) is 14.5. The van der Waals surface area contributed by atoms with E-state index in [-0.39, 0.29) is 18.4 Å². The van der Waals surface area contributed by atoms with Gasteiger partial charge in [-0.3, -0.25) is 9.21 Å². The van der Waals surface area contributed by atoms with Crippen LogP contribution < -0.4 is 9.03 Å². The Balaban J connectivity index is 0.00000196. The van der Waals surface area contributed by atoms with Gasteiger partial charge in [0.15, 0.2) is 0 Å². The normalized spacial score (nSPS) is 20.2. The van der Waals surface area contributed by atoms with E-state index in [1.807, 2.05) is 30.3 Å². The highest BCUT2D eigenvalue weighted by atomic mass is 35.5. The summed E-state index contributed by atoms with van der Waals surface area (Å²) in [5.41, 5.74) is 3.19. The SMILES string of the molecule is Cl.O=S1(=O)NCc2ccccc2N1C1CCN(Cc2ccccc2)CC1. The molecule has 4 rings (SSSR count). The molecule has 1 saturated heterocycles. The summed E-state index contributed by atoms with van der Waals surface area (Å²) in [6.07, 6.45) is 1.70. The molecule has 7 heteroatoms. The average molecular weight is 394 g/mol. The second-order valence-corrected chi connectivity index (χ2v) is 8.38. The average Bonchev–Trinajstić information content (AvgIpc) is 2.63. The van der Waals surface area contributed by atoms with Gasteiger partial charge in [-0.2, -0.15) is 13.1 Å². The van der Waals surface area contributed by atoms with Gasteiger partial charge < -0.3 is 0 Å². The molecule has 0 bridgehead atoms. The molecule has 0 saturated carbocycles. The number of anilines is 1. The third kappa shape index (κ3) is 3.88. The minimum absolute atomic E-state index is 0. The Hall–Kier alpha value is -1.60. The van der Waals surface area contributed by atoms with Crippen molar-refractivity contribution in [3.63, 3.8) is 0 Å². The molecule has 26 heavy (non-hydrogen) atoms. The van der Waals surface area contributed by atoms with Gasteiger partial charge in [0.05, 0.1) is 5.69 Å². The van der Waals surface area contributed by atoms with Crippen LogP contribution in [0.5, 0.6) is 0 Å². The lowest BCUT2D eigenvalue weighted by Gasteiger charge is -2.41. The molecule has 0 aromatic heterocycles. The molecule has 0 unspecified atom stereocenters. The molecule has 0 aliphatic carbocycles. The molecule has 140 valence electrons. The highest BCUT2D eigenvalue weighted by Crippen LogP contribution is 2.32. The van der Waals surface area contributed by atoms with E-state index in [2.05, 4.69) is 33.9 Å². The van der Waals surface area contributed by atoms with Crippen LogP contribution in [0.3, 0.4) is 0 Å². The Kier molecular flexibility index (Phi) is 5.87. The second kappa shape index (κ2) is 7.96. The Labute approximate surface area is 161 Å². The minimum atomic E-state index is -3.45. The summed E-state index contributed by atoms with van der Waals surface area (Å²) < 4.78 is 29.5. The van der Waals surface area contributed by atoms with Crippen molar-refractivity contribution < 1.29 is 8.42 Å². The van der Waals surface area contributed by atoms with E-state index in [0.29, 0.717) is 6.54 Å². The summed E-state index contributed by atoms with van der Waals surface area (Å²) in [6.45, 7) is 3.12. The van der Waals surface area contributed by atoms with E-state index in [9.17, 15) is 8.42 Å². The predicted octanol–water partition coefficient (Wildman–Crippen LogP) is 2.93. The van der Waals surface area contributed by atoms with Gasteiger partial charge in [0.2, 0.25) is 0 Å². The predicted molar refractivity (Wildman–Crippen MR) is 107 cm³/mol. The molecule has 1 N–H and O–H groups in total. The van der Waals surface area contributed by atoms with E-state index in [1.54, 1.807) is 4.31 Å². The van der Waals surface area contributed by atoms with Crippen LogP contribution >= 0.6 is 12.4 Å². The number of rotatable bonds is 3. The maximum absolute atomic E-state index is 12.6. The van der Waals surface area contributed by atoms with Gasteiger partial charge in [0.25, 0.3) is 0 Å². The van der Waals surface area contributed by atoms with Crippen LogP contribution in [0.1, 0.15) is 24.0 Å². The summed E-state index contributed by atoms with van der Waals surface area (Å²) in [6, 6.07) is 18.2. The number of piperidine rings is 1. The Bertz CT molecular complexity index is 837. The van der Waals surface area contributed by atoms with Crippen molar-refractivity contribution in [2.45, 2.75) is 32.0 Å². The van der Waals surface area contributed by atoms with E-state index in [0.717, 1.165) is 43.7 Å². The number of hydrogen-bond donors (Lipinski definition) is 1. The first-order valence-electron chi connectivity index (χ1n) is 8.77. The van der Waals surface area contributed by atoms with Crippen molar-refractivity contribution in [3.05, 3.63) is 65.7 Å². The van der Waals surface area contributed by atoms with Gasteiger partial charge in [-0.1, -0.05) is 48.5 Å². The molecule has 2 aliphatic heterocycles. The van der Waals surface area contributed by atoms with Gasteiger partial charge in [-0.15, -0.1) is 12.4 Å². The van der Waals surface area contributed by atoms with Crippen molar-refractivity contribution in [1.82, 2.24) is 9.62 Å². The number of likely N-dealkylation sites (tertiary alicyclic amines) is 1. The first-order chi connectivity index (χ1) is 12.1. The largest absolute Gasteiger partial charge is 0.302 e. The number of halogens is 1. The molecule has 0 spiro atoms. The number of nitrogens with zero attached hydrogens (tertiary/aromatic N) is 2. The van der Waals surface area contributed by atoms with Crippen LogP contribution in [0.2, 0.25) is 0 Å². The van der Waals surface area contributed by atoms with E-state index >= 15 is 0 Å². The van der Waals surface area contributed by atoms with Gasteiger partial charge >= 0.3 is 10.2 Å². The minimum Gasteiger partial charge on any atom is -0.299 e. The standard InChI is InChI=1S/C19H23N3O2S.ClH/c23-25(24)20-14-17-8-4-5-9-19(17)22(25)18-10-12-21(13-11-18)15-16-6-2-1-3-7-16;/h1-9,18,20H,10-15H2;1H. The van der Waals surface area contributed by atoms with Crippen LogP contribution in [0, 0.1) is 0 Å². The third-order valence-electron chi connectivity index (χ3n) is 5.07. The summed E-state index contributed by atoms with van der Waals surface area (Å²) in [5, 5.41) is 0. The summed E-state index contributed by atoms with van der Waals surface area (Å²) >= 11 is 0. The van der Waals surface area contributed by atoms with Crippen molar-refractivity contribution >= 4 is 28.3 Å². The number of nitrogens with one attached hydrogen (secondary N) is 1. The zero-order chi connectivity index (χ0) is 17.3. The van der Waals surface area contributed by atoms with Crippen LogP contribution in [-0.2, 0) is 23.3 Å². The highest BCUT2D eigenvalue weighted by Gasteiger charge is 2.36. The maximum atomic E-state index is 12.6. The number of para-hydroxylation sites is 1. The number of benzene rings is 2. The molecule has 1 fully saturated rings. The van der Waals surface area contributed by atoms with Crippen molar-refractivity contribution in [3.8, 4) is 0 Å². The lowest BCUT2D eigenvalue weighted by Crippen LogP contribution is -2.53. The first-order valence-corrected chi connectivity index (χ1v) is 10.2. The maximum Gasteiger partial charge on any atom is 0.302 e.